The van der Waals surface area contributed by atoms with Crippen LogP contribution in [0.25, 0.3) is 10.8 Å². The van der Waals surface area contributed by atoms with Crippen molar-refractivity contribution in [3.8, 4) is 5.75 Å². The molecule has 0 amide bonds. The summed E-state index contributed by atoms with van der Waals surface area (Å²) in [5.74, 6) is 0.774. The highest BCUT2D eigenvalue weighted by Gasteiger charge is 2.14. The number of ether oxygens (including phenoxy) is 1. The first-order chi connectivity index (χ1) is 12.0. The lowest BCUT2D eigenvalue weighted by Crippen LogP contribution is -2.28. The van der Waals surface area contributed by atoms with E-state index in [9.17, 15) is 8.42 Å². The maximum atomic E-state index is 12.4. The largest absolute Gasteiger partial charge is 0.492 e. The van der Waals surface area contributed by atoms with E-state index in [1.807, 2.05) is 62.4 Å². The van der Waals surface area contributed by atoms with Gasteiger partial charge in [-0.2, -0.15) is 0 Å². The van der Waals surface area contributed by atoms with Crippen LogP contribution in [0.15, 0.2) is 65.6 Å². The summed E-state index contributed by atoms with van der Waals surface area (Å²) in [6.45, 7) is 4.48. The number of rotatable bonds is 6. The lowest BCUT2D eigenvalue weighted by Gasteiger charge is -2.11. The Kier molecular flexibility index (Phi) is 5.06. The molecule has 0 aliphatic carbocycles. The van der Waals surface area contributed by atoms with Gasteiger partial charge < -0.3 is 4.74 Å². The number of sulfonamides is 1. The van der Waals surface area contributed by atoms with E-state index in [1.165, 1.54) is 5.56 Å². The molecular weight excluding hydrogens is 334 g/mol. The summed E-state index contributed by atoms with van der Waals surface area (Å²) < 4.78 is 33.1. The van der Waals surface area contributed by atoms with Gasteiger partial charge in [-0.05, 0) is 48.4 Å². The van der Waals surface area contributed by atoms with Gasteiger partial charge in [0.05, 0.1) is 4.90 Å². The van der Waals surface area contributed by atoms with E-state index < -0.39 is 10.0 Å². The molecule has 3 aromatic carbocycles. The molecular formula is C20H21NO3S. The molecule has 0 aromatic heterocycles. The van der Waals surface area contributed by atoms with E-state index >= 15 is 0 Å². The van der Waals surface area contributed by atoms with E-state index in [-0.39, 0.29) is 18.0 Å². The first-order valence-corrected chi connectivity index (χ1v) is 9.62. The molecule has 0 heterocycles. The molecule has 0 aliphatic rings. The number of hydrogen-bond acceptors (Lipinski definition) is 3. The Bertz CT molecular complexity index is 997. The summed E-state index contributed by atoms with van der Waals surface area (Å²) in [5, 5.41) is 1.91. The standard InChI is InChI=1S/C20H21NO3S/c1-15-7-10-20(16(2)13-15)24-12-11-21-25(22,23)19-9-8-17-5-3-4-6-18(17)14-19/h3-10,13-14,21H,11-12H2,1-2H3. The minimum atomic E-state index is -3.55. The molecule has 5 heteroatoms. The van der Waals surface area contributed by atoms with E-state index in [2.05, 4.69) is 4.72 Å². The highest BCUT2D eigenvalue weighted by Crippen LogP contribution is 2.20. The lowest BCUT2D eigenvalue weighted by molar-refractivity contribution is 0.320. The number of aryl methyl sites for hydroxylation is 2. The molecule has 3 rings (SSSR count). The Hall–Kier alpha value is -2.37. The van der Waals surface area contributed by atoms with Crippen molar-refractivity contribution in [3.05, 3.63) is 71.8 Å². The molecule has 0 saturated carbocycles. The Morgan fingerprint density at radius 1 is 0.920 bits per heavy atom. The summed E-state index contributed by atoms with van der Waals surface area (Å²) >= 11 is 0. The average Bonchev–Trinajstić information content (AvgIpc) is 2.60. The molecule has 0 saturated heterocycles. The number of benzene rings is 3. The van der Waals surface area contributed by atoms with Crippen molar-refractivity contribution >= 4 is 20.8 Å². The summed E-state index contributed by atoms with van der Waals surface area (Å²) in [6.07, 6.45) is 0. The van der Waals surface area contributed by atoms with Gasteiger partial charge in [0.2, 0.25) is 10.0 Å². The summed E-state index contributed by atoms with van der Waals surface area (Å²) in [4.78, 5) is 0.262. The third-order valence-electron chi connectivity index (χ3n) is 4.01. The highest BCUT2D eigenvalue weighted by molar-refractivity contribution is 7.89. The van der Waals surface area contributed by atoms with Crippen LogP contribution >= 0.6 is 0 Å². The van der Waals surface area contributed by atoms with Crippen LogP contribution < -0.4 is 9.46 Å². The van der Waals surface area contributed by atoms with Crippen LogP contribution in [-0.4, -0.2) is 21.6 Å². The highest BCUT2D eigenvalue weighted by atomic mass is 32.2. The lowest BCUT2D eigenvalue weighted by atomic mass is 10.1. The zero-order valence-corrected chi connectivity index (χ0v) is 15.1. The van der Waals surface area contributed by atoms with E-state index in [1.54, 1.807) is 12.1 Å². The van der Waals surface area contributed by atoms with Gasteiger partial charge in [-0.3, -0.25) is 0 Å². The molecule has 0 aliphatic heterocycles. The van der Waals surface area contributed by atoms with Crippen molar-refractivity contribution in [3.63, 3.8) is 0 Å². The van der Waals surface area contributed by atoms with Crippen LogP contribution in [0.3, 0.4) is 0 Å². The quantitative estimate of drug-likeness (QED) is 0.684. The summed E-state index contributed by atoms with van der Waals surface area (Å²) in [7, 11) is -3.55. The first-order valence-electron chi connectivity index (χ1n) is 8.14. The molecule has 0 unspecified atom stereocenters. The smallest absolute Gasteiger partial charge is 0.240 e. The third kappa shape index (κ3) is 4.18. The van der Waals surface area contributed by atoms with Gasteiger partial charge in [-0.15, -0.1) is 0 Å². The van der Waals surface area contributed by atoms with Crippen molar-refractivity contribution in [2.75, 3.05) is 13.2 Å². The van der Waals surface area contributed by atoms with Gasteiger partial charge in [0.25, 0.3) is 0 Å². The van der Waals surface area contributed by atoms with Crippen LogP contribution in [0.5, 0.6) is 5.75 Å². The van der Waals surface area contributed by atoms with Crippen LogP contribution in [-0.2, 0) is 10.0 Å². The fraction of sp³-hybridized carbons (Fsp3) is 0.200. The van der Waals surface area contributed by atoms with Gasteiger partial charge in [0.15, 0.2) is 0 Å². The van der Waals surface area contributed by atoms with Crippen LogP contribution in [0, 0.1) is 13.8 Å². The zero-order valence-electron chi connectivity index (χ0n) is 14.3. The van der Waals surface area contributed by atoms with E-state index in [0.29, 0.717) is 0 Å². The molecule has 3 aromatic rings. The molecule has 0 atom stereocenters. The molecule has 0 fully saturated rings. The van der Waals surface area contributed by atoms with Crippen molar-refractivity contribution < 1.29 is 13.2 Å². The molecule has 0 radical (unpaired) electrons. The van der Waals surface area contributed by atoms with Gasteiger partial charge in [0, 0.05) is 6.54 Å². The number of nitrogens with one attached hydrogen (secondary N) is 1. The monoisotopic (exact) mass is 355 g/mol. The van der Waals surface area contributed by atoms with Gasteiger partial charge in [-0.25, -0.2) is 13.1 Å². The van der Waals surface area contributed by atoms with E-state index in [0.717, 1.165) is 22.1 Å². The SMILES string of the molecule is Cc1ccc(OCCNS(=O)(=O)c2ccc3ccccc3c2)c(C)c1. The third-order valence-corrected chi connectivity index (χ3v) is 5.47. The Labute approximate surface area is 148 Å². The van der Waals surface area contributed by atoms with Crippen molar-refractivity contribution in [1.82, 2.24) is 4.72 Å². The molecule has 130 valence electrons. The first kappa shape index (κ1) is 17.5. The van der Waals surface area contributed by atoms with Crippen molar-refractivity contribution in [2.45, 2.75) is 18.7 Å². The van der Waals surface area contributed by atoms with Gasteiger partial charge >= 0.3 is 0 Å². The fourth-order valence-electron chi connectivity index (χ4n) is 2.72. The minimum absolute atomic E-state index is 0.211. The van der Waals surface area contributed by atoms with Gasteiger partial charge in [0.1, 0.15) is 12.4 Å². The number of fused-ring (bicyclic) bond motifs is 1. The fourth-order valence-corrected chi connectivity index (χ4v) is 3.76. The van der Waals surface area contributed by atoms with Crippen LogP contribution in [0.4, 0.5) is 0 Å². The Morgan fingerprint density at radius 2 is 1.68 bits per heavy atom. The summed E-state index contributed by atoms with van der Waals surface area (Å²) in [5.41, 5.74) is 2.21. The second-order valence-electron chi connectivity index (χ2n) is 6.02. The van der Waals surface area contributed by atoms with Crippen LogP contribution in [0.2, 0.25) is 0 Å². The predicted molar refractivity (Wildman–Crippen MR) is 101 cm³/mol. The van der Waals surface area contributed by atoms with Crippen LogP contribution in [0.1, 0.15) is 11.1 Å². The second-order valence-corrected chi connectivity index (χ2v) is 7.79. The van der Waals surface area contributed by atoms with Crippen molar-refractivity contribution in [1.29, 1.82) is 0 Å². The second kappa shape index (κ2) is 7.25. The number of hydrogen-bond donors (Lipinski definition) is 1. The normalized spacial score (nSPS) is 11.6. The Balaban J connectivity index is 1.63. The van der Waals surface area contributed by atoms with Gasteiger partial charge in [-0.1, -0.05) is 48.0 Å². The molecule has 25 heavy (non-hydrogen) atoms. The maximum absolute atomic E-state index is 12.4. The molecule has 1 N–H and O–H groups in total. The molecule has 0 spiro atoms. The molecule has 4 nitrogen and oxygen atoms in total. The van der Waals surface area contributed by atoms with Crippen molar-refractivity contribution in [2.24, 2.45) is 0 Å². The zero-order chi connectivity index (χ0) is 17.9. The minimum Gasteiger partial charge on any atom is -0.492 e. The average molecular weight is 355 g/mol. The molecule has 0 bridgehead atoms. The predicted octanol–water partition coefficient (Wildman–Crippen LogP) is 3.81. The van der Waals surface area contributed by atoms with E-state index in [4.69, 9.17) is 4.74 Å². The maximum Gasteiger partial charge on any atom is 0.240 e. The Morgan fingerprint density at radius 3 is 2.44 bits per heavy atom. The topological polar surface area (TPSA) is 55.4 Å². The summed E-state index contributed by atoms with van der Waals surface area (Å²) in [6, 6.07) is 18.7.